The van der Waals surface area contributed by atoms with Crippen molar-refractivity contribution in [1.29, 1.82) is 0 Å². The normalized spacial score (nSPS) is 22.0. The minimum absolute atomic E-state index is 0.163. The molecule has 1 aromatic rings. The van der Waals surface area contributed by atoms with Crippen molar-refractivity contribution in [1.82, 2.24) is 20.4 Å². The van der Waals surface area contributed by atoms with Gasteiger partial charge in [0.2, 0.25) is 0 Å². The molecule has 0 aliphatic carbocycles. The number of nitrogens with one attached hydrogen (secondary N) is 2. The molecule has 1 saturated heterocycles. The van der Waals surface area contributed by atoms with Crippen molar-refractivity contribution in [2.45, 2.75) is 59.6 Å². The summed E-state index contributed by atoms with van der Waals surface area (Å²) in [5, 5.41) is 11.0. The van der Waals surface area contributed by atoms with Crippen molar-refractivity contribution < 1.29 is 4.74 Å². The summed E-state index contributed by atoms with van der Waals surface area (Å²) in [5.74, 6) is 1.40. The summed E-state index contributed by atoms with van der Waals surface area (Å²) >= 11 is 0. The maximum absolute atomic E-state index is 6.07. The molecule has 6 heteroatoms. The van der Waals surface area contributed by atoms with Gasteiger partial charge in [0.15, 0.2) is 5.96 Å². The minimum atomic E-state index is 0.163. The molecule has 0 aromatic carbocycles. The highest BCUT2D eigenvalue weighted by Gasteiger charge is 2.35. The van der Waals surface area contributed by atoms with Gasteiger partial charge in [0.25, 0.3) is 0 Å². The number of hydrogen-bond acceptors (Lipinski definition) is 3. The Morgan fingerprint density at radius 2 is 2.20 bits per heavy atom. The van der Waals surface area contributed by atoms with Crippen LogP contribution in [0.15, 0.2) is 23.5 Å². The molecule has 0 saturated carbocycles. The third-order valence-corrected chi connectivity index (χ3v) is 4.54. The topological polar surface area (TPSA) is 63.5 Å². The fourth-order valence-electron chi connectivity index (χ4n) is 3.42. The maximum Gasteiger partial charge on any atom is 0.191 e. The van der Waals surface area contributed by atoms with Crippen LogP contribution in [0.1, 0.15) is 47.0 Å². The van der Waals surface area contributed by atoms with Crippen molar-refractivity contribution in [2.24, 2.45) is 16.3 Å². The van der Waals surface area contributed by atoms with Gasteiger partial charge in [-0.25, -0.2) is 0 Å². The van der Waals surface area contributed by atoms with E-state index in [4.69, 9.17) is 9.73 Å². The molecule has 2 unspecified atom stereocenters. The lowest BCUT2D eigenvalue weighted by Gasteiger charge is -2.39. The molecule has 2 N–H and O–H groups in total. The van der Waals surface area contributed by atoms with Gasteiger partial charge in [-0.15, -0.1) is 0 Å². The van der Waals surface area contributed by atoms with Crippen molar-refractivity contribution in [3.63, 3.8) is 0 Å². The summed E-state index contributed by atoms with van der Waals surface area (Å²) in [7, 11) is 0. The van der Waals surface area contributed by atoms with Gasteiger partial charge in [0, 0.05) is 51.1 Å². The average molecular weight is 350 g/mol. The van der Waals surface area contributed by atoms with Crippen molar-refractivity contribution >= 4 is 5.96 Å². The van der Waals surface area contributed by atoms with E-state index in [0.717, 1.165) is 51.6 Å². The first-order valence-electron chi connectivity index (χ1n) is 9.62. The van der Waals surface area contributed by atoms with Crippen molar-refractivity contribution in [2.75, 3.05) is 26.2 Å². The first kappa shape index (κ1) is 19.8. The highest BCUT2D eigenvalue weighted by atomic mass is 16.5. The van der Waals surface area contributed by atoms with Crippen LogP contribution in [-0.4, -0.2) is 48.1 Å². The number of guanidine groups is 1. The van der Waals surface area contributed by atoms with Crippen molar-refractivity contribution in [3.05, 3.63) is 18.5 Å². The lowest BCUT2D eigenvalue weighted by Crippen LogP contribution is -2.43. The van der Waals surface area contributed by atoms with Crippen LogP contribution in [0.2, 0.25) is 0 Å². The molecular weight excluding hydrogens is 314 g/mol. The zero-order valence-corrected chi connectivity index (χ0v) is 16.3. The largest absolute Gasteiger partial charge is 0.377 e. The number of hydrogen-bond donors (Lipinski definition) is 2. The van der Waals surface area contributed by atoms with Gasteiger partial charge in [0.1, 0.15) is 0 Å². The molecule has 1 fully saturated rings. The first-order chi connectivity index (χ1) is 12.0. The summed E-state index contributed by atoms with van der Waals surface area (Å²) in [4.78, 5) is 4.83. The minimum Gasteiger partial charge on any atom is -0.377 e. The number of aromatic nitrogens is 2. The Morgan fingerprint density at radius 1 is 1.36 bits per heavy atom. The second-order valence-corrected chi connectivity index (χ2v) is 7.83. The Hall–Kier alpha value is -1.56. The predicted molar refractivity (Wildman–Crippen MR) is 103 cm³/mol. The van der Waals surface area contributed by atoms with Crippen LogP contribution in [-0.2, 0) is 11.3 Å². The lowest BCUT2D eigenvalue weighted by atomic mass is 9.78. The van der Waals surface area contributed by atoms with Gasteiger partial charge in [-0.3, -0.25) is 9.67 Å². The number of rotatable bonds is 7. The Morgan fingerprint density at radius 3 is 2.88 bits per heavy atom. The van der Waals surface area contributed by atoms with Crippen molar-refractivity contribution in [3.8, 4) is 0 Å². The molecule has 0 bridgehead atoms. The van der Waals surface area contributed by atoms with Gasteiger partial charge in [-0.1, -0.05) is 20.8 Å². The molecule has 1 aliphatic rings. The number of aryl methyl sites for hydroxylation is 1. The summed E-state index contributed by atoms with van der Waals surface area (Å²) in [6, 6.07) is 1.96. The van der Waals surface area contributed by atoms with Crippen LogP contribution in [0.3, 0.4) is 0 Å². The van der Waals surface area contributed by atoms with Crippen LogP contribution < -0.4 is 10.6 Å². The van der Waals surface area contributed by atoms with Gasteiger partial charge in [-0.2, -0.15) is 5.10 Å². The molecule has 6 nitrogen and oxygen atoms in total. The summed E-state index contributed by atoms with van der Waals surface area (Å²) in [5.41, 5.74) is 0.163. The van der Waals surface area contributed by atoms with Gasteiger partial charge < -0.3 is 15.4 Å². The second kappa shape index (κ2) is 9.80. The average Bonchev–Trinajstić information content (AvgIpc) is 3.09. The van der Waals surface area contributed by atoms with E-state index in [2.05, 4.69) is 43.4 Å². The third kappa shape index (κ3) is 6.69. The second-order valence-electron chi connectivity index (χ2n) is 7.83. The smallest absolute Gasteiger partial charge is 0.191 e. The molecule has 2 rings (SSSR count). The monoisotopic (exact) mass is 349 g/mol. The molecule has 1 aromatic heterocycles. The Labute approximate surface area is 152 Å². The lowest BCUT2D eigenvalue weighted by molar-refractivity contribution is -0.0823. The van der Waals surface area contributed by atoms with Crippen LogP contribution >= 0.6 is 0 Å². The van der Waals surface area contributed by atoms with Gasteiger partial charge in [-0.05, 0) is 37.7 Å². The molecule has 0 radical (unpaired) electrons. The molecule has 0 spiro atoms. The van der Waals surface area contributed by atoms with E-state index >= 15 is 0 Å². The van der Waals surface area contributed by atoms with E-state index in [1.807, 2.05) is 23.1 Å². The highest BCUT2D eigenvalue weighted by molar-refractivity contribution is 5.79. The summed E-state index contributed by atoms with van der Waals surface area (Å²) in [6.45, 7) is 13.3. The number of aliphatic imine (C=N–C) groups is 1. The summed E-state index contributed by atoms with van der Waals surface area (Å²) < 4.78 is 8.02. The molecule has 2 atom stereocenters. The van der Waals surface area contributed by atoms with E-state index in [1.165, 1.54) is 6.42 Å². The van der Waals surface area contributed by atoms with Gasteiger partial charge >= 0.3 is 0 Å². The zero-order valence-electron chi connectivity index (χ0n) is 16.3. The van der Waals surface area contributed by atoms with E-state index < -0.39 is 0 Å². The van der Waals surface area contributed by atoms with Crippen LogP contribution in [0.4, 0.5) is 0 Å². The fraction of sp³-hybridized carbons (Fsp3) is 0.789. The molecule has 0 amide bonds. The standard InChI is InChI=1S/C19H35N5O/c1-5-20-18(21-10-7-12-24-13-8-11-23-24)22-15-16-9-6-14-25-17(16)19(2,3)4/h8,11,13,16-17H,5-7,9-10,12,14-15H2,1-4H3,(H2,20,21,22). The third-order valence-electron chi connectivity index (χ3n) is 4.54. The summed E-state index contributed by atoms with van der Waals surface area (Å²) in [6.07, 6.45) is 7.45. The highest BCUT2D eigenvalue weighted by Crippen LogP contribution is 2.34. The van der Waals surface area contributed by atoms with E-state index in [-0.39, 0.29) is 11.5 Å². The zero-order chi connectivity index (χ0) is 18.1. The Balaban J connectivity index is 1.82. The van der Waals surface area contributed by atoms with Crippen LogP contribution in [0, 0.1) is 11.3 Å². The van der Waals surface area contributed by atoms with E-state index in [9.17, 15) is 0 Å². The van der Waals surface area contributed by atoms with Gasteiger partial charge in [0.05, 0.1) is 6.10 Å². The quantitative estimate of drug-likeness (QED) is 0.451. The number of nitrogens with zero attached hydrogens (tertiary/aromatic N) is 3. The SMILES string of the molecule is CCNC(=NCC1CCCOC1C(C)(C)C)NCCCn1cccn1. The number of ether oxygens (including phenoxy) is 1. The van der Waals surface area contributed by atoms with E-state index in [0.29, 0.717) is 5.92 Å². The molecule has 2 heterocycles. The Bertz CT molecular complexity index is 506. The molecule has 142 valence electrons. The first-order valence-corrected chi connectivity index (χ1v) is 9.62. The van der Waals surface area contributed by atoms with Crippen LogP contribution in [0.5, 0.6) is 0 Å². The molecule has 1 aliphatic heterocycles. The van der Waals surface area contributed by atoms with Crippen LogP contribution in [0.25, 0.3) is 0 Å². The van der Waals surface area contributed by atoms with E-state index in [1.54, 1.807) is 0 Å². The Kier molecular flexibility index (Phi) is 7.75. The maximum atomic E-state index is 6.07. The predicted octanol–water partition coefficient (Wildman–Crippen LogP) is 2.67. The molecule has 25 heavy (non-hydrogen) atoms. The fourth-order valence-corrected chi connectivity index (χ4v) is 3.42. The molecular formula is C19H35N5O.